The first-order chi connectivity index (χ1) is 14.2. The Labute approximate surface area is 173 Å². The third-order valence-electron chi connectivity index (χ3n) is 5.40. The molecule has 0 radical (unpaired) electrons. The zero-order valence-electron chi connectivity index (χ0n) is 17.7. The van der Waals surface area contributed by atoms with Crippen molar-refractivity contribution >= 4 is 5.82 Å². The van der Waals surface area contributed by atoms with Crippen molar-refractivity contribution in [3.8, 4) is 0 Å². The van der Waals surface area contributed by atoms with E-state index in [4.69, 9.17) is 9.84 Å². The molecular formula is C21H38N4O4. The van der Waals surface area contributed by atoms with Crippen LogP contribution in [0.2, 0.25) is 0 Å². The minimum absolute atomic E-state index is 0.260. The molecule has 1 aromatic rings. The van der Waals surface area contributed by atoms with E-state index in [1.54, 1.807) is 12.3 Å². The van der Waals surface area contributed by atoms with Crippen molar-refractivity contribution in [2.75, 3.05) is 18.6 Å². The second kappa shape index (κ2) is 13.7. The van der Waals surface area contributed by atoms with Crippen LogP contribution < -0.4 is 16.5 Å². The summed E-state index contributed by atoms with van der Waals surface area (Å²) in [6, 6.07) is 1.69. The van der Waals surface area contributed by atoms with Crippen molar-refractivity contribution in [1.29, 1.82) is 0 Å². The summed E-state index contributed by atoms with van der Waals surface area (Å²) < 4.78 is 6.83. The highest BCUT2D eigenvalue weighted by Crippen LogP contribution is 2.27. The lowest BCUT2D eigenvalue weighted by Crippen LogP contribution is -2.30. The predicted octanol–water partition coefficient (Wildman–Crippen LogP) is 2.72. The second-order valence-electron chi connectivity index (χ2n) is 7.85. The van der Waals surface area contributed by atoms with Crippen LogP contribution in [0.25, 0.3) is 0 Å². The molecule has 0 saturated carbocycles. The van der Waals surface area contributed by atoms with Gasteiger partial charge in [0.2, 0.25) is 0 Å². The number of aliphatic hydroxyl groups is 2. The number of ether oxygens (including phenoxy) is 1. The van der Waals surface area contributed by atoms with E-state index in [0.29, 0.717) is 5.82 Å². The quantitative estimate of drug-likeness (QED) is 0.260. The number of nitrogens with one attached hydrogen (secondary N) is 2. The Morgan fingerprint density at radius 2 is 1.79 bits per heavy atom. The standard InChI is InChI=1S/C21H38N4O4/c1-2-3-4-5-6-7-8-9-10-11-13-22-24-19-12-14-25(21(28)23-19)20-15-17(27)18(16-26)29-20/h12,14,17-18,20,22,26-27H,2-11,13,15-16H2,1H3,(H,23,24,28)/t17-,18+,20+/m0/s1. The molecule has 0 spiro atoms. The van der Waals surface area contributed by atoms with E-state index < -0.39 is 24.1 Å². The van der Waals surface area contributed by atoms with Crippen LogP contribution in [-0.2, 0) is 4.74 Å². The van der Waals surface area contributed by atoms with Crippen molar-refractivity contribution in [3.05, 3.63) is 22.7 Å². The number of unbranched alkanes of at least 4 members (excludes halogenated alkanes) is 9. The molecule has 1 aliphatic rings. The number of aliphatic hydroxyl groups excluding tert-OH is 2. The van der Waals surface area contributed by atoms with Gasteiger partial charge in [-0.15, -0.1) is 0 Å². The third-order valence-corrected chi connectivity index (χ3v) is 5.40. The van der Waals surface area contributed by atoms with Gasteiger partial charge < -0.3 is 20.4 Å². The van der Waals surface area contributed by atoms with Gasteiger partial charge in [-0.1, -0.05) is 64.7 Å². The molecule has 2 rings (SSSR count). The number of hydrogen-bond acceptors (Lipinski definition) is 7. The fourth-order valence-electron chi connectivity index (χ4n) is 3.61. The summed E-state index contributed by atoms with van der Waals surface area (Å²) >= 11 is 0. The maximum absolute atomic E-state index is 12.2. The molecule has 3 atom stereocenters. The zero-order chi connectivity index (χ0) is 20.9. The Kier molecular flexibility index (Phi) is 11.2. The topological polar surface area (TPSA) is 109 Å². The minimum atomic E-state index is -0.780. The van der Waals surface area contributed by atoms with Crippen LogP contribution in [0.4, 0.5) is 5.82 Å². The normalized spacial score (nSPS) is 21.6. The van der Waals surface area contributed by atoms with Crippen LogP contribution in [0.5, 0.6) is 0 Å². The van der Waals surface area contributed by atoms with Crippen LogP contribution >= 0.6 is 0 Å². The monoisotopic (exact) mass is 410 g/mol. The van der Waals surface area contributed by atoms with Crippen LogP contribution in [0.15, 0.2) is 17.1 Å². The minimum Gasteiger partial charge on any atom is -0.394 e. The summed E-state index contributed by atoms with van der Waals surface area (Å²) in [5.41, 5.74) is 5.61. The molecule has 1 aromatic heterocycles. The average Bonchev–Trinajstić information content (AvgIpc) is 3.09. The lowest BCUT2D eigenvalue weighted by molar-refractivity contribution is -0.0458. The molecule has 0 unspecified atom stereocenters. The van der Waals surface area contributed by atoms with Gasteiger partial charge in [-0.25, -0.2) is 10.2 Å². The molecule has 1 aliphatic heterocycles. The SMILES string of the molecule is CCCCCCCCCCCCNNc1ccn([C@H]2C[C@H](O)[C@@H](CO)O2)c(=O)n1. The molecule has 8 nitrogen and oxygen atoms in total. The highest BCUT2D eigenvalue weighted by atomic mass is 16.5. The van der Waals surface area contributed by atoms with Crippen LogP contribution in [0.1, 0.15) is 83.8 Å². The highest BCUT2D eigenvalue weighted by Gasteiger charge is 2.34. The summed E-state index contributed by atoms with van der Waals surface area (Å²) in [4.78, 5) is 16.2. The molecule has 4 N–H and O–H groups in total. The van der Waals surface area contributed by atoms with E-state index in [1.807, 2.05) is 0 Å². The highest BCUT2D eigenvalue weighted by molar-refractivity contribution is 5.30. The number of rotatable bonds is 15. The van der Waals surface area contributed by atoms with E-state index >= 15 is 0 Å². The van der Waals surface area contributed by atoms with Gasteiger partial charge in [0.15, 0.2) is 0 Å². The van der Waals surface area contributed by atoms with E-state index in [1.165, 1.54) is 62.4 Å². The fraction of sp³-hybridized carbons (Fsp3) is 0.810. The van der Waals surface area contributed by atoms with Crippen molar-refractivity contribution in [2.24, 2.45) is 0 Å². The fourth-order valence-corrected chi connectivity index (χ4v) is 3.61. The van der Waals surface area contributed by atoms with Gasteiger partial charge in [0, 0.05) is 19.2 Å². The molecule has 1 saturated heterocycles. The summed E-state index contributed by atoms with van der Waals surface area (Å²) in [5, 5.41) is 19.0. The van der Waals surface area contributed by atoms with Gasteiger partial charge >= 0.3 is 5.69 Å². The summed E-state index contributed by atoms with van der Waals surface area (Å²) in [6.07, 6.45) is 12.8. The first-order valence-corrected chi connectivity index (χ1v) is 11.2. The predicted molar refractivity (Wildman–Crippen MR) is 114 cm³/mol. The Balaban J connectivity index is 1.56. The van der Waals surface area contributed by atoms with Crippen LogP contribution in [-0.4, -0.2) is 45.1 Å². The maximum atomic E-state index is 12.2. The van der Waals surface area contributed by atoms with E-state index in [9.17, 15) is 9.90 Å². The van der Waals surface area contributed by atoms with Crippen molar-refractivity contribution < 1.29 is 14.9 Å². The zero-order valence-corrected chi connectivity index (χ0v) is 17.7. The number of anilines is 1. The summed E-state index contributed by atoms with van der Waals surface area (Å²) in [5.74, 6) is 0.454. The number of hydrazine groups is 1. The average molecular weight is 411 g/mol. The molecule has 166 valence electrons. The Bertz CT molecular complexity index is 625. The molecule has 0 aromatic carbocycles. The van der Waals surface area contributed by atoms with Gasteiger partial charge in [0.05, 0.1) is 12.7 Å². The number of hydrogen-bond donors (Lipinski definition) is 4. The van der Waals surface area contributed by atoms with Crippen molar-refractivity contribution in [1.82, 2.24) is 15.0 Å². The summed E-state index contributed by atoms with van der Waals surface area (Å²) in [6.45, 7) is 2.79. The largest absolute Gasteiger partial charge is 0.394 e. The van der Waals surface area contributed by atoms with E-state index in [2.05, 4.69) is 22.8 Å². The summed E-state index contributed by atoms with van der Waals surface area (Å²) in [7, 11) is 0. The molecule has 0 aliphatic carbocycles. The van der Waals surface area contributed by atoms with Crippen molar-refractivity contribution in [3.63, 3.8) is 0 Å². The smallest absolute Gasteiger partial charge is 0.351 e. The molecular weight excluding hydrogens is 372 g/mol. The first kappa shape index (κ1) is 23.8. The maximum Gasteiger partial charge on any atom is 0.351 e. The Morgan fingerprint density at radius 3 is 2.38 bits per heavy atom. The Hall–Kier alpha value is -1.48. The third kappa shape index (κ3) is 8.42. The van der Waals surface area contributed by atoms with Gasteiger partial charge in [-0.3, -0.25) is 4.57 Å². The Morgan fingerprint density at radius 1 is 1.14 bits per heavy atom. The molecule has 2 heterocycles. The molecule has 0 bridgehead atoms. The number of aromatic nitrogens is 2. The lowest BCUT2D eigenvalue weighted by Gasteiger charge is -2.15. The molecule has 29 heavy (non-hydrogen) atoms. The molecule has 1 fully saturated rings. The first-order valence-electron chi connectivity index (χ1n) is 11.2. The van der Waals surface area contributed by atoms with Crippen LogP contribution in [0, 0.1) is 0 Å². The van der Waals surface area contributed by atoms with E-state index in [0.717, 1.165) is 13.0 Å². The van der Waals surface area contributed by atoms with Gasteiger partial charge in [-0.05, 0) is 12.5 Å². The van der Waals surface area contributed by atoms with Gasteiger partial charge in [0.25, 0.3) is 0 Å². The molecule has 8 heteroatoms. The molecule has 0 amide bonds. The van der Waals surface area contributed by atoms with Crippen molar-refractivity contribution in [2.45, 2.75) is 96.0 Å². The lowest BCUT2D eigenvalue weighted by atomic mass is 10.1. The number of nitrogens with zero attached hydrogens (tertiary/aromatic N) is 2. The van der Waals surface area contributed by atoms with Crippen LogP contribution in [0.3, 0.4) is 0 Å². The van der Waals surface area contributed by atoms with E-state index in [-0.39, 0.29) is 13.0 Å². The van der Waals surface area contributed by atoms with Gasteiger partial charge in [0.1, 0.15) is 18.1 Å². The van der Waals surface area contributed by atoms with Gasteiger partial charge in [-0.2, -0.15) is 4.98 Å². The second-order valence-corrected chi connectivity index (χ2v) is 7.85.